The highest BCUT2D eigenvalue weighted by atomic mass is 15.2. The van der Waals surface area contributed by atoms with Crippen molar-refractivity contribution in [2.45, 2.75) is 70.9 Å². The summed E-state index contributed by atoms with van der Waals surface area (Å²) in [6.07, 6.45) is 9.69. The number of piperidine rings is 1. The molecule has 2 fully saturated rings. The van der Waals surface area contributed by atoms with Gasteiger partial charge in [0.1, 0.15) is 0 Å². The number of nitrogens with zero attached hydrogens (tertiary/aromatic N) is 1. The van der Waals surface area contributed by atoms with Crippen LogP contribution in [0.2, 0.25) is 0 Å². The van der Waals surface area contributed by atoms with E-state index in [1.807, 2.05) is 0 Å². The van der Waals surface area contributed by atoms with Gasteiger partial charge in [-0.1, -0.05) is 26.7 Å². The molecule has 1 saturated heterocycles. The summed E-state index contributed by atoms with van der Waals surface area (Å²) in [4.78, 5) is 2.69. The molecule has 1 saturated carbocycles. The second-order valence-corrected chi connectivity index (χ2v) is 6.56. The minimum absolute atomic E-state index is 0.438. The fraction of sp³-hybridized carbons (Fsp3) is 1.00. The largest absolute Gasteiger partial charge is 0.327 e. The summed E-state index contributed by atoms with van der Waals surface area (Å²) >= 11 is 0. The van der Waals surface area contributed by atoms with Crippen molar-refractivity contribution in [3.63, 3.8) is 0 Å². The predicted molar refractivity (Wildman–Crippen MR) is 74.0 cm³/mol. The highest BCUT2D eigenvalue weighted by Gasteiger charge is 2.27. The van der Waals surface area contributed by atoms with Gasteiger partial charge in [-0.3, -0.25) is 4.90 Å². The van der Waals surface area contributed by atoms with E-state index >= 15 is 0 Å². The van der Waals surface area contributed by atoms with E-state index in [1.165, 1.54) is 51.5 Å². The first-order valence-corrected chi connectivity index (χ1v) is 7.66. The number of hydrogen-bond acceptors (Lipinski definition) is 2. The first kappa shape index (κ1) is 13.4. The van der Waals surface area contributed by atoms with Gasteiger partial charge in [-0.05, 0) is 50.5 Å². The van der Waals surface area contributed by atoms with E-state index in [0.717, 1.165) is 24.4 Å². The van der Waals surface area contributed by atoms with Crippen molar-refractivity contribution in [1.82, 2.24) is 4.90 Å². The lowest BCUT2D eigenvalue weighted by molar-refractivity contribution is 0.135. The molecule has 0 radical (unpaired) electrons. The zero-order valence-electron chi connectivity index (χ0n) is 11.7. The van der Waals surface area contributed by atoms with E-state index < -0.39 is 0 Å². The zero-order valence-corrected chi connectivity index (χ0v) is 11.7. The van der Waals surface area contributed by atoms with Crippen LogP contribution in [0.1, 0.15) is 58.8 Å². The number of hydrogen-bond donors (Lipinski definition) is 1. The highest BCUT2D eigenvalue weighted by Crippen LogP contribution is 2.31. The lowest BCUT2D eigenvalue weighted by Gasteiger charge is -2.37. The fourth-order valence-electron chi connectivity index (χ4n) is 3.71. The maximum atomic E-state index is 6.10. The average molecular weight is 238 g/mol. The Labute approximate surface area is 107 Å². The molecular formula is C15H30N2. The molecule has 100 valence electrons. The zero-order chi connectivity index (χ0) is 12.3. The van der Waals surface area contributed by atoms with Gasteiger partial charge in [0, 0.05) is 18.6 Å². The lowest BCUT2D eigenvalue weighted by atomic mass is 9.89. The molecule has 3 unspecified atom stereocenters. The topological polar surface area (TPSA) is 29.3 Å². The SMILES string of the molecule is CC(C)C1CCCC(N2CCCC(N)C2)CC1. The molecule has 0 aromatic carbocycles. The normalized spacial score (nSPS) is 37.1. The Morgan fingerprint density at radius 2 is 1.82 bits per heavy atom. The molecule has 2 aliphatic rings. The van der Waals surface area contributed by atoms with Crippen molar-refractivity contribution >= 4 is 0 Å². The Bertz CT molecular complexity index is 227. The van der Waals surface area contributed by atoms with E-state index in [4.69, 9.17) is 5.73 Å². The summed E-state index contributed by atoms with van der Waals surface area (Å²) in [5, 5.41) is 0. The van der Waals surface area contributed by atoms with Crippen LogP contribution >= 0.6 is 0 Å². The first-order valence-electron chi connectivity index (χ1n) is 7.66. The van der Waals surface area contributed by atoms with Gasteiger partial charge in [0.15, 0.2) is 0 Å². The third-order valence-corrected chi connectivity index (χ3v) is 4.93. The summed E-state index contributed by atoms with van der Waals surface area (Å²) in [6, 6.07) is 1.28. The highest BCUT2D eigenvalue weighted by molar-refractivity contribution is 4.83. The van der Waals surface area contributed by atoms with Crippen molar-refractivity contribution in [2.24, 2.45) is 17.6 Å². The molecule has 0 spiro atoms. The second kappa shape index (κ2) is 6.19. The van der Waals surface area contributed by atoms with Gasteiger partial charge in [0.05, 0.1) is 0 Å². The Kier molecular flexibility index (Phi) is 4.87. The first-order chi connectivity index (χ1) is 8.16. The summed E-state index contributed by atoms with van der Waals surface area (Å²) in [7, 11) is 0. The molecule has 1 heterocycles. The Balaban J connectivity index is 1.85. The van der Waals surface area contributed by atoms with Crippen LogP contribution in [0, 0.1) is 11.8 Å². The van der Waals surface area contributed by atoms with Gasteiger partial charge >= 0.3 is 0 Å². The number of likely N-dealkylation sites (tertiary alicyclic amines) is 1. The van der Waals surface area contributed by atoms with Crippen molar-refractivity contribution < 1.29 is 0 Å². The fourth-order valence-corrected chi connectivity index (χ4v) is 3.71. The van der Waals surface area contributed by atoms with Gasteiger partial charge in [0.25, 0.3) is 0 Å². The average Bonchev–Trinajstić information content (AvgIpc) is 2.54. The molecule has 0 aromatic rings. The summed E-state index contributed by atoms with van der Waals surface area (Å²) in [5.74, 6) is 1.84. The van der Waals surface area contributed by atoms with Crippen LogP contribution in [0.15, 0.2) is 0 Å². The monoisotopic (exact) mass is 238 g/mol. The van der Waals surface area contributed by atoms with E-state index in [-0.39, 0.29) is 0 Å². The molecule has 2 rings (SSSR count). The second-order valence-electron chi connectivity index (χ2n) is 6.56. The molecule has 17 heavy (non-hydrogen) atoms. The molecule has 2 heteroatoms. The Morgan fingerprint density at radius 1 is 1.00 bits per heavy atom. The predicted octanol–water partition coefficient (Wildman–Crippen LogP) is 3.01. The third kappa shape index (κ3) is 3.69. The molecule has 1 aliphatic carbocycles. The summed E-state index contributed by atoms with van der Waals surface area (Å²) < 4.78 is 0. The molecule has 0 bridgehead atoms. The standard InChI is InChI=1S/C15H30N2/c1-12(2)13-5-3-7-15(9-8-13)17-10-4-6-14(16)11-17/h12-15H,3-11,16H2,1-2H3. The van der Waals surface area contributed by atoms with Gasteiger partial charge in [-0.25, -0.2) is 0 Å². The van der Waals surface area contributed by atoms with Gasteiger partial charge in [-0.15, -0.1) is 0 Å². The van der Waals surface area contributed by atoms with E-state index in [2.05, 4.69) is 18.7 Å². The van der Waals surface area contributed by atoms with Crippen LogP contribution < -0.4 is 5.73 Å². The molecule has 1 aliphatic heterocycles. The molecule has 2 nitrogen and oxygen atoms in total. The van der Waals surface area contributed by atoms with Crippen LogP contribution in [-0.2, 0) is 0 Å². The van der Waals surface area contributed by atoms with Crippen molar-refractivity contribution in [3.8, 4) is 0 Å². The maximum Gasteiger partial charge on any atom is 0.0168 e. The molecule has 3 atom stereocenters. The van der Waals surface area contributed by atoms with E-state index in [1.54, 1.807) is 0 Å². The van der Waals surface area contributed by atoms with Crippen molar-refractivity contribution in [2.75, 3.05) is 13.1 Å². The van der Waals surface area contributed by atoms with Crippen LogP contribution in [0.4, 0.5) is 0 Å². The van der Waals surface area contributed by atoms with Gasteiger partial charge in [0.2, 0.25) is 0 Å². The lowest BCUT2D eigenvalue weighted by Crippen LogP contribution is -2.47. The number of nitrogens with two attached hydrogens (primary N) is 1. The maximum absolute atomic E-state index is 6.10. The molecule has 2 N–H and O–H groups in total. The third-order valence-electron chi connectivity index (χ3n) is 4.93. The van der Waals surface area contributed by atoms with E-state index in [0.29, 0.717) is 6.04 Å². The van der Waals surface area contributed by atoms with Crippen LogP contribution in [0.5, 0.6) is 0 Å². The van der Waals surface area contributed by atoms with E-state index in [9.17, 15) is 0 Å². The smallest absolute Gasteiger partial charge is 0.0168 e. The minimum Gasteiger partial charge on any atom is -0.327 e. The van der Waals surface area contributed by atoms with Crippen LogP contribution in [0.25, 0.3) is 0 Å². The van der Waals surface area contributed by atoms with Gasteiger partial charge in [-0.2, -0.15) is 0 Å². The van der Waals surface area contributed by atoms with Gasteiger partial charge < -0.3 is 5.73 Å². The Morgan fingerprint density at radius 3 is 2.53 bits per heavy atom. The molecular weight excluding hydrogens is 208 g/mol. The summed E-state index contributed by atoms with van der Waals surface area (Å²) in [6.45, 7) is 7.23. The minimum atomic E-state index is 0.438. The number of rotatable bonds is 2. The van der Waals surface area contributed by atoms with Crippen molar-refractivity contribution in [1.29, 1.82) is 0 Å². The van der Waals surface area contributed by atoms with Crippen molar-refractivity contribution in [3.05, 3.63) is 0 Å². The van der Waals surface area contributed by atoms with Crippen LogP contribution in [0.3, 0.4) is 0 Å². The Hall–Kier alpha value is -0.0800. The van der Waals surface area contributed by atoms with Crippen LogP contribution in [-0.4, -0.2) is 30.1 Å². The summed E-state index contributed by atoms with van der Waals surface area (Å²) in [5.41, 5.74) is 6.10. The quantitative estimate of drug-likeness (QED) is 0.749. The molecule has 0 aromatic heterocycles. The molecule has 0 amide bonds.